The van der Waals surface area contributed by atoms with Crippen molar-refractivity contribution >= 4 is 22.5 Å². The van der Waals surface area contributed by atoms with E-state index in [0.717, 1.165) is 34.4 Å². The van der Waals surface area contributed by atoms with Crippen molar-refractivity contribution in [3.8, 4) is 0 Å². The van der Waals surface area contributed by atoms with Crippen molar-refractivity contribution in [2.75, 3.05) is 0 Å². The zero-order valence-electron chi connectivity index (χ0n) is 15.9. The van der Waals surface area contributed by atoms with Crippen LogP contribution < -0.4 is 11.1 Å². The first-order chi connectivity index (χ1) is 14.3. The molecule has 154 valence electrons. The molecular weight excluding hydrogens is 393 g/mol. The number of nitrogens with two attached hydrogens (primary N) is 1. The molecule has 3 N–H and O–H groups in total. The number of amides is 1. The Kier molecular flexibility index (Phi) is 5.17. The van der Waals surface area contributed by atoms with Crippen LogP contribution in [-0.2, 0) is 17.5 Å². The summed E-state index contributed by atoms with van der Waals surface area (Å²) in [6.45, 7) is 0.219. The van der Waals surface area contributed by atoms with E-state index in [4.69, 9.17) is 5.73 Å². The van der Waals surface area contributed by atoms with Gasteiger partial charge in [0, 0.05) is 18.7 Å². The van der Waals surface area contributed by atoms with Gasteiger partial charge in [-0.1, -0.05) is 24.3 Å². The topological polar surface area (TPSA) is 72.4 Å². The van der Waals surface area contributed by atoms with Gasteiger partial charge in [0.2, 0.25) is 5.91 Å². The van der Waals surface area contributed by atoms with Gasteiger partial charge in [-0.2, -0.15) is 13.2 Å². The monoisotopic (exact) mass is 412 g/mol. The lowest BCUT2D eigenvalue weighted by Crippen LogP contribution is -2.27. The highest BCUT2D eigenvalue weighted by atomic mass is 19.4. The van der Waals surface area contributed by atoms with Crippen LogP contribution in [0.2, 0.25) is 0 Å². The molecular formula is C22H19F3N4O. The standard InChI is InChI=1S/C22H19F3N4O/c23-22(24,25)15-9-7-14(8-10-15)16(26)12-21(30)27-13-18-20-6-3-11-29(20)19-5-2-1-4-17(19)28-18/h1-11,16H,12-13,26H2,(H,27,30). The smallest absolute Gasteiger partial charge is 0.350 e. The van der Waals surface area contributed by atoms with Crippen molar-refractivity contribution in [1.29, 1.82) is 0 Å². The van der Waals surface area contributed by atoms with Crippen LogP contribution in [0.1, 0.15) is 29.3 Å². The molecule has 0 radical (unpaired) electrons. The van der Waals surface area contributed by atoms with Crippen molar-refractivity contribution in [3.63, 3.8) is 0 Å². The Balaban J connectivity index is 1.44. The number of hydrogen-bond donors (Lipinski definition) is 2. The van der Waals surface area contributed by atoms with E-state index in [2.05, 4.69) is 10.3 Å². The third-order valence-electron chi connectivity index (χ3n) is 4.97. The van der Waals surface area contributed by atoms with Crippen LogP contribution in [0.3, 0.4) is 0 Å². The molecule has 0 aliphatic carbocycles. The fourth-order valence-corrected chi connectivity index (χ4v) is 3.41. The molecule has 0 aliphatic heterocycles. The molecule has 1 atom stereocenters. The zero-order chi connectivity index (χ0) is 21.3. The number of nitrogens with zero attached hydrogens (tertiary/aromatic N) is 2. The first-order valence-corrected chi connectivity index (χ1v) is 9.37. The summed E-state index contributed by atoms with van der Waals surface area (Å²) in [4.78, 5) is 17.0. The van der Waals surface area contributed by atoms with Crippen LogP contribution in [0, 0.1) is 0 Å². The molecule has 2 aromatic carbocycles. The lowest BCUT2D eigenvalue weighted by atomic mass is 10.0. The molecule has 4 aromatic rings. The maximum Gasteiger partial charge on any atom is 0.416 e. The highest BCUT2D eigenvalue weighted by Crippen LogP contribution is 2.30. The third kappa shape index (κ3) is 3.99. The number of carbonyl (C=O) groups is 1. The molecule has 0 bridgehead atoms. The summed E-state index contributed by atoms with van der Waals surface area (Å²) in [6, 6.07) is 15.4. The Morgan fingerprint density at radius 3 is 2.47 bits per heavy atom. The molecule has 2 heterocycles. The van der Waals surface area contributed by atoms with Gasteiger partial charge in [-0.15, -0.1) is 0 Å². The van der Waals surface area contributed by atoms with E-state index in [9.17, 15) is 18.0 Å². The van der Waals surface area contributed by atoms with Gasteiger partial charge in [0.15, 0.2) is 0 Å². The molecule has 4 rings (SSSR count). The first-order valence-electron chi connectivity index (χ1n) is 9.37. The third-order valence-corrected chi connectivity index (χ3v) is 4.97. The summed E-state index contributed by atoms with van der Waals surface area (Å²) < 4.78 is 40.0. The van der Waals surface area contributed by atoms with E-state index in [1.807, 2.05) is 47.0 Å². The van der Waals surface area contributed by atoms with E-state index < -0.39 is 17.8 Å². The zero-order valence-corrected chi connectivity index (χ0v) is 15.9. The van der Waals surface area contributed by atoms with E-state index in [1.54, 1.807) is 0 Å². The lowest BCUT2D eigenvalue weighted by molar-refractivity contribution is -0.137. The highest BCUT2D eigenvalue weighted by Gasteiger charge is 2.30. The second-order valence-corrected chi connectivity index (χ2v) is 7.02. The SMILES string of the molecule is NC(CC(=O)NCc1nc2ccccc2n2cccc12)c1ccc(C(F)(F)F)cc1. The second-order valence-electron chi connectivity index (χ2n) is 7.02. The number of alkyl halides is 3. The molecule has 5 nitrogen and oxygen atoms in total. The Labute approximate surface area is 170 Å². The summed E-state index contributed by atoms with van der Waals surface area (Å²) in [6.07, 6.45) is -2.52. The van der Waals surface area contributed by atoms with Gasteiger partial charge in [0.1, 0.15) is 0 Å². The Morgan fingerprint density at radius 2 is 1.73 bits per heavy atom. The van der Waals surface area contributed by atoms with E-state index in [0.29, 0.717) is 5.56 Å². The average Bonchev–Trinajstić information content (AvgIpc) is 3.22. The fourth-order valence-electron chi connectivity index (χ4n) is 3.41. The second kappa shape index (κ2) is 7.79. The molecule has 8 heteroatoms. The molecule has 0 saturated carbocycles. The summed E-state index contributed by atoms with van der Waals surface area (Å²) in [5.41, 5.74) is 9.12. The maximum atomic E-state index is 12.7. The number of benzene rings is 2. The Hall–Kier alpha value is -3.39. The molecule has 0 spiro atoms. The minimum atomic E-state index is -4.41. The van der Waals surface area contributed by atoms with Gasteiger partial charge in [0.25, 0.3) is 0 Å². The summed E-state index contributed by atoms with van der Waals surface area (Å²) in [5.74, 6) is -0.304. The number of para-hydroxylation sites is 2. The van der Waals surface area contributed by atoms with Crippen LogP contribution in [0.5, 0.6) is 0 Å². The summed E-state index contributed by atoms with van der Waals surface area (Å²) in [5, 5.41) is 2.81. The minimum absolute atomic E-state index is 0.0454. The Morgan fingerprint density at radius 1 is 1.03 bits per heavy atom. The summed E-state index contributed by atoms with van der Waals surface area (Å²) >= 11 is 0. The van der Waals surface area contributed by atoms with E-state index >= 15 is 0 Å². The van der Waals surface area contributed by atoms with Crippen LogP contribution in [-0.4, -0.2) is 15.3 Å². The van der Waals surface area contributed by atoms with Crippen LogP contribution >= 0.6 is 0 Å². The molecule has 2 aromatic heterocycles. The van der Waals surface area contributed by atoms with Gasteiger partial charge in [-0.3, -0.25) is 4.79 Å². The molecule has 0 saturated heterocycles. The average molecular weight is 412 g/mol. The molecule has 1 amide bonds. The number of rotatable bonds is 5. The lowest BCUT2D eigenvalue weighted by Gasteiger charge is -2.14. The number of halogens is 3. The number of fused-ring (bicyclic) bond motifs is 3. The van der Waals surface area contributed by atoms with Crippen LogP contribution in [0.4, 0.5) is 13.2 Å². The number of aromatic nitrogens is 2. The summed E-state index contributed by atoms with van der Waals surface area (Å²) in [7, 11) is 0. The predicted molar refractivity (Wildman–Crippen MR) is 108 cm³/mol. The van der Waals surface area contributed by atoms with Crippen molar-refractivity contribution in [2.45, 2.75) is 25.2 Å². The van der Waals surface area contributed by atoms with Gasteiger partial charge < -0.3 is 15.5 Å². The predicted octanol–water partition coefficient (Wildman–Crippen LogP) is 4.21. The fraction of sp³-hybridized carbons (Fsp3) is 0.182. The maximum absolute atomic E-state index is 12.7. The Bertz CT molecular complexity index is 1200. The van der Waals surface area contributed by atoms with Crippen LogP contribution in [0.15, 0.2) is 66.9 Å². The minimum Gasteiger partial charge on any atom is -0.350 e. The largest absolute Gasteiger partial charge is 0.416 e. The normalized spacial score (nSPS) is 12.9. The van der Waals surface area contributed by atoms with E-state index in [1.165, 1.54) is 12.1 Å². The van der Waals surface area contributed by atoms with E-state index in [-0.39, 0.29) is 18.9 Å². The van der Waals surface area contributed by atoms with Gasteiger partial charge >= 0.3 is 6.18 Å². The molecule has 1 unspecified atom stereocenters. The highest BCUT2D eigenvalue weighted by molar-refractivity contribution is 5.80. The van der Waals surface area contributed by atoms with Crippen molar-refractivity contribution in [2.24, 2.45) is 5.73 Å². The van der Waals surface area contributed by atoms with Gasteiger partial charge in [0.05, 0.1) is 34.4 Å². The van der Waals surface area contributed by atoms with Gasteiger partial charge in [-0.25, -0.2) is 4.98 Å². The number of hydrogen-bond acceptors (Lipinski definition) is 3. The quantitative estimate of drug-likeness (QED) is 0.516. The number of carbonyl (C=O) groups excluding carboxylic acids is 1. The molecule has 30 heavy (non-hydrogen) atoms. The molecule has 0 aliphatic rings. The van der Waals surface area contributed by atoms with Crippen molar-refractivity contribution in [1.82, 2.24) is 14.7 Å². The van der Waals surface area contributed by atoms with Crippen LogP contribution in [0.25, 0.3) is 16.6 Å². The van der Waals surface area contributed by atoms with Crippen molar-refractivity contribution < 1.29 is 18.0 Å². The van der Waals surface area contributed by atoms with Crippen molar-refractivity contribution in [3.05, 3.63) is 83.7 Å². The number of nitrogens with one attached hydrogen (secondary N) is 1. The first kappa shape index (κ1) is 19.9. The van der Waals surface area contributed by atoms with Gasteiger partial charge in [-0.05, 0) is 42.0 Å². The molecule has 0 fully saturated rings.